The summed E-state index contributed by atoms with van der Waals surface area (Å²) < 4.78 is 16.3. The molecule has 0 saturated carbocycles. The molecule has 0 aliphatic rings. The zero-order chi connectivity index (χ0) is 24.5. The summed E-state index contributed by atoms with van der Waals surface area (Å²) in [6, 6.07) is 19.2. The number of nitrogens with one attached hydrogen (secondary N) is 2. The summed E-state index contributed by atoms with van der Waals surface area (Å²) in [7, 11) is 4.56. The Kier molecular flexibility index (Phi) is 8.17. The average molecular weight is 465 g/mol. The number of benzene rings is 3. The molecule has 1 amide bonds. The number of ether oxygens (including phenoxy) is 3. The van der Waals surface area contributed by atoms with E-state index in [-0.39, 0.29) is 11.7 Å². The molecule has 0 aromatic heterocycles. The monoisotopic (exact) mass is 464 g/mol. The Morgan fingerprint density at radius 1 is 0.971 bits per heavy atom. The fourth-order valence-electron chi connectivity index (χ4n) is 3.42. The molecular formula is C25H28N4O5. The fraction of sp³-hybridized carbons (Fsp3) is 0.200. The lowest BCUT2D eigenvalue weighted by atomic mass is 10.0. The van der Waals surface area contributed by atoms with Crippen molar-refractivity contribution in [2.24, 2.45) is 10.9 Å². The highest BCUT2D eigenvalue weighted by molar-refractivity contribution is 5.97. The number of hydrogen-bond donors (Lipinski definition) is 4. The molecule has 3 rings (SSSR count). The van der Waals surface area contributed by atoms with E-state index in [1.807, 2.05) is 30.3 Å². The summed E-state index contributed by atoms with van der Waals surface area (Å²) in [6.07, 6.45) is 0. The average Bonchev–Trinajstić information content (AvgIpc) is 2.89. The maximum atomic E-state index is 13.3. The molecule has 9 nitrogen and oxygen atoms in total. The van der Waals surface area contributed by atoms with Gasteiger partial charge in [0.1, 0.15) is 6.04 Å². The summed E-state index contributed by atoms with van der Waals surface area (Å²) in [6.45, 7) is 0.366. The molecule has 0 bridgehead atoms. The first-order valence-electron chi connectivity index (χ1n) is 10.5. The molecule has 0 aliphatic heterocycles. The third-order valence-corrected chi connectivity index (χ3v) is 5.19. The van der Waals surface area contributed by atoms with Crippen LogP contribution in [-0.2, 0) is 11.3 Å². The van der Waals surface area contributed by atoms with Crippen molar-refractivity contribution in [2.75, 3.05) is 26.6 Å². The van der Waals surface area contributed by atoms with E-state index in [4.69, 9.17) is 25.2 Å². The van der Waals surface area contributed by atoms with Crippen LogP contribution in [0.2, 0.25) is 0 Å². The van der Waals surface area contributed by atoms with Crippen molar-refractivity contribution in [3.8, 4) is 17.2 Å². The Hall–Kier alpha value is -4.40. The van der Waals surface area contributed by atoms with Crippen LogP contribution >= 0.6 is 0 Å². The molecule has 0 heterocycles. The molecule has 0 spiro atoms. The number of methoxy groups -OCH3 is 3. The highest BCUT2D eigenvalue weighted by Gasteiger charge is 2.24. The number of amides is 1. The van der Waals surface area contributed by atoms with Crippen LogP contribution in [0.15, 0.2) is 71.9 Å². The van der Waals surface area contributed by atoms with Gasteiger partial charge < -0.3 is 35.8 Å². The Balaban J connectivity index is 1.95. The lowest BCUT2D eigenvalue weighted by molar-refractivity contribution is -0.122. The minimum Gasteiger partial charge on any atom is -0.493 e. The lowest BCUT2D eigenvalue weighted by Crippen LogP contribution is -2.33. The zero-order valence-electron chi connectivity index (χ0n) is 19.2. The van der Waals surface area contributed by atoms with Gasteiger partial charge in [0.2, 0.25) is 11.7 Å². The maximum Gasteiger partial charge on any atom is 0.247 e. The summed E-state index contributed by atoms with van der Waals surface area (Å²) in [5.41, 5.74) is 8.44. The Morgan fingerprint density at radius 2 is 1.59 bits per heavy atom. The van der Waals surface area contributed by atoms with Gasteiger partial charge in [0, 0.05) is 17.8 Å². The Morgan fingerprint density at radius 3 is 2.12 bits per heavy atom. The van der Waals surface area contributed by atoms with Gasteiger partial charge >= 0.3 is 0 Å². The molecule has 3 aromatic carbocycles. The third-order valence-electron chi connectivity index (χ3n) is 5.19. The van der Waals surface area contributed by atoms with Crippen LogP contribution in [-0.4, -0.2) is 38.3 Å². The van der Waals surface area contributed by atoms with Gasteiger partial charge in [-0.05, 0) is 47.5 Å². The highest BCUT2D eigenvalue weighted by atomic mass is 16.5. The van der Waals surface area contributed by atoms with Gasteiger partial charge in [0.05, 0.1) is 21.3 Å². The van der Waals surface area contributed by atoms with Crippen molar-refractivity contribution in [2.45, 2.75) is 12.6 Å². The van der Waals surface area contributed by atoms with Gasteiger partial charge in [-0.2, -0.15) is 0 Å². The molecule has 0 radical (unpaired) electrons. The topological polar surface area (TPSA) is 127 Å². The van der Waals surface area contributed by atoms with Crippen molar-refractivity contribution >= 4 is 17.4 Å². The van der Waals surface area contributed by atoms with Crippen LogP contribution in [0.3, 0.4) is 0 Å². The van der Waals surface area contributed by atoms with Gasteiger partial charge in [-0.3, -0.25) is 4.79 Å². The predicted octanol–water partition coefficient (Wildman–Crippen LogP) is 3.28. The van der Waals surface area contributed by atoms with Gasteiger partial charge in [-0.15, -0.1) is 0 Å². The van der Waals surface area contributed by atoms with E-state index in [1.165, 1.54) is 21.3 Å². The standard InChI is InChI=1S/C25H28N4O5/c1-32-20-13-18(14-21(33-2)23(20)34-3)22(25(30)27-15-16-7-5-4-6-8-16)28-19-11-9-17(10-12-19)24(26)29-31/h4-14,22,28,31H,15H2,1-3H3,(H2,26,29)(H,27,30). The normalized spacial score (nSPS) is 11.9. The maximum absolute atomic E-state index is 13.3. The van der Waals surface area contributed by atoms with E-state index in [0.29, 0.717) is 40.6 Å². The second kappa shape index (κ2) is 11.5. The molecule has 34 heavy (non-hydrogen) atoms. The van der Waals surface area contributed by atoms with Crippen LogP contribution in [0.5, 0.6) is 17.2 Å². The van der Waals surface area contributed by atoms with E-state index in [9.17, 15) is 4.79 Å². The van der Waals surface area contributed by atoms with E-state index in [2.05, 4.69) is 15.8 Å². The molecule has 0 fully saturated rings. The zero-order valence-corrected chi connectivity index (χ0v) is 19.2. The van der Waals surface area contributed by atoms with E-state index in [0.717, 1.165) is 5.56 Å². The van der Waals surface area contributed by atoms with E-state index in [1.54, 1.807) is 36.4 Å². The first kappa shape index (κ1) is 24.2. The number of amidine groups is 1. The first-order valence-corrected chi connectivity index (χ1v) is 10.5. The van der Waals surface area contributed by atoms with Crippen molar-refractivity contribution in [3.05, 3.63) is 83.4 Å². The Labute approximate surface area is 198 Å². The number of nitrogens with zero attached hydrogens (tertiary/aromatic N) is 1. The van der Waals surface area contributed by atoms with Gasteiger partial charge in [0.25, 0.3) is 0 Å². The number of anilines is 1. The van der Waals surface area contributed by atoms with Gasteiger partial charge in [0.15, 0.2) is 17.3 Å². The summed E-state index contributed by atoms with van der Waals surface area (Å²) in [4.78, 5) is 13.3. The molecule has 0 saturated heterocycles. The minimum absolute atomic E-state index is 0.00617. The number of oxime groups is 1. The fourth-order valence-corrected chi connectivity index (χ4v) is 3.42. The number of hydrogen-bond acceptors (Lipinski definition) is 7. The van der Waals surface area contributed by atoms with Gasteiger partial charge in [-0.1, -0.05) is 35.5 Å². The van der Waals surface area contributed by atoms with Crippen molar-refractivity contribution < 1.29 is 24.2 Å². The summed E-state index contributed by atoms with van der Waals surface area (Å²) in [5.74, 6) is 1.04. The molecule has 1 unspecified atom stereocenters. The molecular weight excluding hydrogens is 436 g/mol. The number of carbonyl (C=O) groups is 1. The summed E-state index contributed by atoms with van der Waals surface area (Å²) >= 11 is 0. The number of rotatable bonds is 10. The first-order chi connectivity index (χ1) is 16.5. The van der Waals surface area contributed by atoms with Crippen LogP contribution in [0, 0.1) is 0 Å². The second-order valence-corrected chi connectivity index (χ2v) is 7.30. The van der Waals surface area contributed by atoms with Gasteiger partial charge in [-0.25, -0.2) is 0 Å². The smallest absolute Gasteiger partial charge is 0.247 e. The van der Waals surface area contributed by atoms with Crippen LogP contribution in [0.1, 0.15) is 22.7 Å². The minimum atomic E-state index is -0.785. The summed E-state index contributed by atoms with van der Waals surface area (Å²) in [5, 5.41) is 18.1. The SMILES string of the molecule is COc1cc(C(Nc2ccc(/C(N)=N\O)cc2)C(=O)NCc2ccccc2)cc(OC)c1OC. The quantitative estimate of drug-likeness (QED) is 0.157. The number of carbonyl (C=O) groups excluding carboxylic acids is 1. The van der Waals surface area contributed by atoms with E-state index < -0.39 is 6.04 Å². The number of nitrogens with two attached hydrogens (primary N) is 1. The molecule has 1 atom stereocenters. The van der Waals surface area contributed by atoms with Crippen LogP contribution in [0.25, 0.3) is 0 Å². The predicted molar refractivity (Wildman–Crippen MR) is 130 cm³/mol. The molecule has 9 heteroatoms. The van der Waals surface area contributed by atoms with Crippen molar-refractivity contribution in [1.29, 1.82) is 0 Å². The molecule has 3 aromatic rings. The lowest BCUT2D eigenvalue weighted by Gasteiger charge is -2.22. The van der Waals surface area contributed by atoms with Crippen LogP contribution in [0.4, 0.5) is 5.69 Å². The largest absolute Gasteiger partial charge is 0.493 e. The molecule has 5 N–H and O–H groups in total. The molecule has 178 valence electrons. The third kappa shape index (κ3) is 5.69. The van der Waals surface area contributed by atoms with Crippen molar-refractivity contribution in [1.82, 2.24) is 5.32 Å². The van der Waals surface area contributed by atoms with E-state index >= 15 is 0 Å². The highest BCUT2D eigenvalue weighted by Crippen LogP contribution is 2.40. The Bertz CT molecular complexity index is 1110. The second-order valence-electron chi connectivity index (χ2n) is 7.30. The van der Waals surface area contributed by atoms with Crippen molar-refractivity contribution in [3.63, 3.8) is 0 Å². The van der Waals surface area contributed by atoms with Crippen LogP contribution < -0.4 is 30.6 Å². The molecule has 0 aliphatic carbocycles.